The van der Waals surface area contributed by atoms with Crippen molar-refractivity contribution in [3.63, 3.8) is 0 Å². The van der Waals surface area contributed by atoms with Crippen molar-refractivity contribution in [1.82, 2.24) is 5.32 Å². The van der Waals surface area contributed by atoms with Crippen LogP contribution in [0, 0.1) is 6.92 Å². The van der Waals surface area contributed by atoms with E-state index in [2.05, 4.69) is 36.5 Å². The van der Waals surface area contributed by atoms with Crippen molar-refractivity contribution in [3.05, 3.63) is 65.7 Å². The van der Waals surface area contributed by atoms with Crippen LogP contribution in [-0.2, 0) is 6.61 Å². The molecule has 0 bridgehead atoms. The molecule has 0 saturated carbocycles. The third-order valence-electron chi connectivity index (χ3n) is 3.30. The number of hydrogen-bond donors (Lipinski definition) is 2. The van der Waals surface area contributed by atoms with Crippen LogP contribution in [0.3, 0.4) is 0 Å². The summed E-state index contributed by atoms with van der Waals surface area (Å²) in [5.41, 5.74) is 2.44. The average Bonchev–Trinajstić information content (AvgIpc) is 3.00. The highest BCUT2D eigenvalue weighted by atomic mass is 16.5. The summed E-state index contributed by atoms with van der Waals surface area (Å²) in [4.78, 5) is 0. The van der Waals surface area contributed by atoms with Crippen LogP contribution in [0.5, 0.6) is 5.75 Å². The molecule has 1 unspecified atom stereocenters. The van der Waals surface area contributed by atoms with E-state index in [1.165, 1.54) is 11.1 Å². The van der Waals surface area contributed by atoms with Crippen molar-refractivity contribution < 1.29 is 9.84 Å². The second-order valence-corrected chi connectivity index (χ2v) is 5.23. The fourth-order valence-electron chi connectivity index (χ4n) is 2.01. The van der Waals surface area contributed by atoms with Crippen LogP contribution in [0.1, 0.15) is 17.5 Å². The first kappa shape index (κ1) is 15.5. The summed E-state index contributed by atoms with van der Waals surface area (Å²) < 4.78 is 5.65. The zero-order valence-electron chi connectivity index (χ0n) is 12.5. The van der Waals surface area contributed by atoms with Gasteiger partial charge in [-0.05, 0) is 37.6 Å². The lowest BCUT2D eigenvalue weighted by atomic mass is 10.2. The Morgan fingerprint density at radius 2 is 1.81 bits per heavy atom. The van der Waals surface area contributed by atoms with Crippen LogP contribution in [0.15, 0.2) is 54.6 Å². The third kappa shape index (κ3) is 5.98. The molecular weight excluding hydrogens is 262 g/mol. The fourth-order valence-corrected chi connectivity index (χ4v) is 2.01. The molecule has 0 amide bonds. The van der Waals surface area contributed by atoms with Crippen LogP contribution in [0.25, 0.3) is 0 Å². The van der Waals surface area contributed by atoms with Gasteiger partial charge >= 0.3 is 0 Å². The van der Waals surface area contributed by atoms with Gasteiger partial charge in [0.1, 0.15) is 12.4 Å². The number of hydrogen-bond acceptors (Lipinski definition) is 3. The number of ether oxygens (including phenoxy) is 1. The second-order valence-electron chi connectivity index (χ2n) is 5.23. The zero-order chi connectivity index (χ0) is 14.9. The van der Waals surface area contributed by atoms with E-state index in [4.69, 9.17) is 9.84 Å². The molecule has 0 aromatic heterocycles. The van der Waals surface area contributed by atoms with Gasteiger partial charge in [-0.2, -0.15) is 0 Å². The van der Waals surface area contributed by atoms with Gasteiger partial charge < -0.3 is 15.2 Å². The van der Waals surface area contributed by atoms with Crippen molar-refractivity contribution in [2.45, 2.75) is 26.1 Å². The first-order chi connectivity index (χ1) is 10.2. The minimum Gasteiger partial charge on any atom is -0.489 e. The van der Waals surface area contributed by atoms with Gasteiger partial charge in [0.15, 0.2) is 0 Å². The van der Waals surface area contributed by atoms with Crippen molar-refractivity contribution in [3.8, 4) is 5.75 Å². The summed E-state index contributed by atoms with van der Waals surface area (Å²) in [6, 6.07) is 18.3. The molecule has 112 valence electrons. The molecule has 1 aliphatic heterocycles. The Morgan fingerprint density at radius 1 is 1.10 bits per heavy atom. The topological polar surface area (TPSA) is 41.5 Å². The molecule has 3 heteroatoms. The number of nitrogens with one attached hydrogen (secondary N) is 1. The maximum absolute atomic E-state index is 8.67. The molecular formula is C18H23NO2. The largest absolute Gasteiger partial charge is 0.489 e. The van der Waals surface area contributed by atoms with Gasteiger partial charge in [-0.15, -0.1) is 0 Å². The SMILES string of the molecule is Cc1ccc(OCc2ccccc2)cc1.OC1CCNC1. The number of rotatable bonds is 3. The minimum atomic E-state index is -0.0648. The Hall–Kier alpha value is -1.84. The second kappa shape index (κ2) is 8.45. The number of aliphatic hydroxyl groups is 1. The van der Waals surface area contributed by atoms with Crippen molar-refractivity contribution in [2.75, 3.05) is 13.1 Å². The van der Waals surface area contributed by atoms with E-state index in [0.29, 0.717) is 6.61 Å². The Balaban J connectivity index is 0.000000225. The molecule has 1 atom stereocenters. The number of β-amino-alcohol motifs (C(OH)–C–C–N with tert-alkyl or cyclic N) is 1. The Labute approximate surface area is 126 Å². The summed E-state index contributed by atoms with van der Waals surface area (Å²) in [5.74, 6) is 0.921. The Kier molecular flexibility index (Phi) is 6.25. The first-order valence-electron chi connectivity index (χ1n) is 7.36. The monoisotopic (exact) mass is 285 g/mol. The van der Waals surface area contributed by atoms with Gasteiger partial charge in [0, 0.05) is 6.54 Å². The molecule has 3 rings (SSSR count). The van der Waals surface area contributed by atoms with Crippen LogP contribution in [0.2, 0.25) is 0 Å². The summed E-state index contributed by atoms with van der Waals surface area (Å²) in [6.45, 7) is 4.48. The lowest BCUT2D eigenvalue weighted by Crippen LogP contribution is -2.11. The van der Waals surface area contributed by atoms with E-state index < -0.39 is 0 Å². The molecule has 0 spiro atoms. The predicted octanol–water partition coefficient (Wildman–Crippen LogP) is 2.91. The molecule has 21 heavy (non-hydrogen) atoms. The molecule has 3 nitrogen and oxygen atoms in total. The van der Waals surface area contributed by atoms with Gasteiger partial charge in [0.05, 0.1) is 6.10 Å². The highest BCUT2D eigenvalue weighted by Crippen LogP contribution is 2.13. The maximum atomic E-state index is 8.67. The van der Waals surface area contributed by atoms with E-state index >= 15 is 0 Å². The van der Waals surface area contributed by atoms with Crippen LogP contribution in [-0.4, -0.2) is 24.3 Å². The smallest absolute Gasteiger partial charge is 0.119 e. The Bertz CT molecular complexity index is 505. The van der Waals surface area contributed by atoms with Gasteiger partial charge in [-0.3, -0.25) is 0 Å². The molecule has 0 aliphatic carbocycles. The zero-order valence-corrected chi connectivity index (χ0v) is 12.5. The average molecular weight is 285 g/mol. The quantitative estimate of drug-likeness (QED) is 0.911. The van der Waals surface area contributed by atoms with E-state index in [-0.39, 0.29) is 6.10 Å². The van der Waals surface area contributed by atoms with E-state index in [9.17, 15) is 0 Å². The van der Waals surface area contributed by atoms with Crippen molar-refractivity contribution >= 4 is 0 Å². The molecule has 1 heterocycles. The molecule has 2 aromatic carbocycles. The lowest BCUT2D eigenvalue weighted by Gasteiger charge is -2.06. The maximum Gasteiger partial charge on any atom is 0.119 e. The van der Waals surface area contributed by atoms with Crippen LogP contribution in [0.4, 0.5) is 0 Å². The van der Waals surface area contributed by atoms with Gasteiger partial charge in [-0.1, -0.05) is 48.0 Å². The normalized spacial score (nSPS) is 17.0. The molecule has 1 saturated heterocycles. The Morgan fingerprint density at radius 3 is 2.33 bits per heavy atom. The van der Waals surface area contributed by atoms with Crippen molar-refractivity contribution in [2.24, 2.45) is 0 Å². The summed E-state index contributed by atoms with van der Waals surface area (Å²) >= 11 is 0. The first-order valence-corrected chi connectivity index (χ1v) is 7.36. The van der Waals surface area contributed by atoms with Gasteiger partial charge in [0.25, 0.3) is 0 Å². The molecule has 1 aliphatic rings. The molecule has 2 aromatic rings. The van der Waals surface area contributed by atoms with Gasteiger partial charge in [0.2, 0.25) is 0 Å². The molecule has 2 N–H and O–H groups in total. The number of benzene rings is 2. The standard InChI is InChI=1S/C14H14O.C4H9NO/c1-12-7-9-14(10-8-12)15-11-13-5-3-2-4-6-13;6-4-1-2-5-3-4/h2-10H,11H2,1H3;4-6H,1-3H2. The lowest BCUT2D eigenvalue weighted by molar-refractivity contribution is 0.196. The summed E-state index contributed by atoms with van der Waals surface area (Å²) in [7, 11) is 0. The molecule has 0 radical (unpaired) electrons. The number of aryl methyl sites for hydroxylation is 1. The van der Waals surface area contributed by atoms with Gasteiger partial charge in [-0.25, -0.2) is 0 Å². The highest BCUT2D eigenvalue weighted by Gasteiger charge is 2.08. The van der Waals surface area contributed by atoms with Crippen LogP contribution < -0.4 is 10.1 Å². The van der Waals surface area contributed by atoms with Crippen molar-refractivity contribution in [1.29, 1.82) is 0 Å². The molecule has 1 fully saturated rings. The predicted molar refractivity (Wildman–Crippen MR) is 85.4 cm³/mol. The van der Waals surface area contributed by atoms with E-state index in [0.717, 1.165) is 25.3 Å². The fraction of sp³-hybridized carbons (Fsp3) is 0.333. The summed E-state index contributed by atoms with van der Waals surface area (Å²) in [6.07, 6.45) is 0.866. The van der Waals surface area contributed by atoms with Crippen LogP contribution >= 0.6 is 0 Å². The third-order valence-corrected chi connectivity index (χ3v) is 3.30. The van der Waals surface area contributed by atoms with E-state index in [1.54, 1.807) is 0 Å². The number of aliphatic hydroxyl groups excluding tert-OH is 1. The highest BCUT2D eigenvalue weighted by molar-refractivity contribution is 5.26. The van der Waals surface area contributed by atoms with E-state index in [1.807, 2.05) is 30.3 Å². The minimum absolute atomic E-state index is 0.0648. The summed E-state index contributed by atoms with van der Waals surface area (Å²) in [5, 5.41) is 11.7.